The highest BCUT2D eigenvalue weighted by atomic mass is 79.9. The predicted molar refractivity (Wildman–Crippen MR) is 72.0 cm³/mol. The van der Waals surface area contributed by atoms with E-state index in [0.717, 1.165) is 9.35 Å². The Balaban J connectivity index is 2.70. The van der Waals surface area contributed by atoms with Gasteiger partial charge in [0.05, 0.1) is 5.92 Å². The molecule has 1 rings (SSSR count). The van der Waals surface area contributed by atoms with E-state index in [0.29, 0.717) is 0 Å². The number of ether oxygens (including phenoxy) is 1. The van der Waals surface area contributed by atoms with Gasteiger partial charge in [0.25, 0.3) is 0 Å². The van der Waals surface area contributed by atoms with Crippen LogP contribution < -0.4 is 0 Å². The third kappa shape index (κ3) is 4.41. The van der Waals surface area contributed by atoms with E-state index < -0.39 is 17.6 Å². The number of aliphatic hydroxyl groups is 1. The van der Waals surface area contributed by atoms with E-state index in [-0.39, 0.29) is 5.97 Å². The van der Waals surface area contributed by atoms with Crippen molar-refractivity contribution in [3.8, 4) is 0 Å². The fraction of sp³-hybridized carbons (Fsp3) is 0.583. The van der Waals surface area contributed by atoms with Crippen molar-refractivity contribution < 1.29 is 14.6 Å². The largest absolute Gasteiger partial charge is 0.460 e. The Morgan fingerprint density at radius 2 is 2.12 bits per heavy atom. The minimum absolute atomic E-state index is 0.380. The van der Waals surface area contributed by atoms with Crippen molar-refractivity contribution in [2.45, 2.75) is 39.4 Å². The third-order valence-corrected chi connectivity index (χ3v) is 3.90. The highest BCUT2D eigenvalue weighted by molar-refractivity contribution is 9.10. The molecule has 1 aromatic rings. The van der Waals surface area contributed by atoms with Gasteiger partial charge in [0.2, 0.25) is 0 Å². The average Bonchev–Trinajstić information content (AvgIpc) is 2.60. The monoisotopic (exact) mass is 320 g/mol. The number of carbonyl (C=O) groups is 1. The van der Waals surface area contributed by atoms with Crippen LogP contribution in [0.2, 0.25) is 0 Å². The average molecular weight is 321 g/mol. The van der Waals surface area contributed by atoms with Gasteiger partial charge in [0.15, 0.2) is 0 Å². The predicted octanol–water partition coefficient (Wildman–Crippen LogP) is 3.52. The van der Waals surface area contributed by atoms with Crippen LogP contribution in [0.5, 0.6) is 0 Å². The number of hydrogen-bond acceptors (Lipinski definition) is 4. The van der Waals surface area contributed by atoms with E-state index in [9.17, 15) is 9.90 Å². The molecule has 0 bridgehead atoms. The van der Waals surface area contributed by atoms with Crippen LogP contribution in [0.25, 0.3) is 0 Å². The molecule has 2 unspecified atom stereocenters. The molecule has 0 aliphatic heterocycles. The number of thiophene rings is 1. The molecule has 0 spiro atoms. The Morgan fingerprint density at radius 1 is 1.53 bits per heavy atom. The van der Waals surface area contributed by atoms with Gasteiger partial charge in [-0.2, -0.15) is 0 Å². The first-order valence-corrected chi connectivity index (χ1v) is 7.03. The third-order valence-electron chi connectivity index (χ3n) is 2.13. The van der Waals surface area contributed by atoms with Gasteiger partial charge >= 0.3 is 5.97 Å². The van der Waals surface area contributed by atoms with Gasteiger partial charge < -0.3 is 9.84 Å². The van der Waals surface area contributed by atoms with E-state index in [2.05, 4.69) is 15.9 Å². The van der Waals surface area contributed by atoms with Gasteiger partial charge in [-0.25, -0.2) is 0 Å². The number of carbonyl (C=O) groups excluding carboxylic acids is 1. The van der Waals surface area contributed by atoms with E-state index in [1.54, 1.807) is 6.92 Å². The van der Waals surface area contributed by atoms with E-state index >= 15 is 0 Å². The molecule has 96 valence electrons. The van der Waals surface area contributed by atoms with Gasteiger partial charge in [0.1, 0.15) is 11.7 Å². The number of rotatable bonds is 3. The summed E-state index contributed by atoms with van der Waals surface area (Å²) in [5, 5.41) is 11.9. The molecule has 0 aliphatic carbocycles. The Labute approximate surface area is 114 Å². The summed E-state index contributed by atoms with van der Waals surface area (Å²) in [6.45, 7) is 7.11. The lowest BCUT2D eigenvalue weighted by Crippen LogP contribution is -2.30. The fourth-order valence-corrected chi connectivity index (χ4v) is 2.79. The van der Waals surface area contributed by atoms with Gasteiger partial charge in [0, 0.05) is 14.7 Å². The maximum Gasteiger partial charge on any atom is 0.312 e. The lowest BCUT2D eigenvalue weighted by atomic mass is 10.0. The minimum atomic E-state index is -0.818. The van der Waals surface area contributed by atoms with Crippen molar-refractivity contribution in [1.29, 1.82) is 0 Å². The molecular weight excluding hydrogens is 304 g/mol. The van der Waals surface area contributed by atoms with Crippen LogP contribution in [0.1, 0.15) is 38.7 Å². The maximum atomic E-state index is 11.8. The Kier molecular flexibility index (Phi) is 4.75. The second-order valence-electron chi connectivity index (χ2n) is 4.93. The number of halogens is 1. The summed E-state index contributed by atoms with van der Waals surface area (Å²) in [6, 6.07) is 1.82. The van der Waals surface area contributed by atoms with Crippen molar-refractivity contribution in [1.82, 2.24) is 0 Å². The van der Waals surface area contributed by atoms with Crippen molar-refractivity contribution in [2.24, 2.45) is 5.92 Å². The van der Waals surface area contributed by atoms with E-state index in [1.807, 2.05) is 32.2 Å². The standard InChI is InChI=1S/C12H17BrO3S/c1-7(11(15)16-12(2,3)4)10(14)9-5-8(13)6-17-9/h5-7,10,14H,1-4H3. The molecule has 0 amide bonds. The van der Waals surface area contributed by atoms with Gasteiger partial charge in [-0.05, 0) is 49.7 Å². The first-order chi connectivity index (χ1) is 7.70. The lowest BCUT2D eigenvalue weighted by Gasteiger charge is -2.24. The minimum Gasteiger partial charge on any atom is -0.460 e. The van der Waals surface area contributed by atoms with Crippen LogP contribution in [0.3, 0.4) is 0 Å². The van der Waals surface area contributed by atoms with Gasteiger partial charge in [-0.1, -0.05) is 0 Å². The van der Waals surface area contributed by atoms with Crippen LogP contribution in [0.15, 0.2) is 15.9 Å². The first-order valence-electron chi connectivity index (χ1n) is 5.35. The molecule has 5 heteroatoms. The molecule has 0 saturated carbocycles. The molecular formula is C12H17BrO3S. The maximum absolute atomic E-state index is 11.8. The van der Waals surface area contributed by atoms with E-state index in [1.165, 1.54) is 11.3 Å². The van der Waals surface area contributed by atoms with Crippen molar-refractivity contribution >= 4 is 33.2 Å². The zero-order valence-corrected chi connectivity index (χ0v) is 12.8. The first kappa shape index (κ1) is 14.7. The van der Waals surface area contributed by atoms with Crippen molar-refractivity contribution in [2.75, 3.05) is 0 Å². The zero-order chi connectivity index (χ0) is 13.2. The normalized spacial score (nSPS) is 15.4. The van der Waals surface area contributed by atoms with Gasteiger partial charge in [-0.3, -0.25) is 4.79 Å². The molecule has 0 saturated heterocycles. The van der Waals surface area contributed by atoms with Crippen molar-refractivity contribution in [3.63, 3.8) is 0 Å². The second kappa shape index (κ2) is 5.50. The van der Waals surface area contributed by atoms with Crippen LogP contribution in [0, 0.1) is 5.92 Å². The summed E-state index contributed by atoms with van der Waals surface area (Å²) in [4.78, 5) is 12.6. The van der Waals surface area contributed by atoms with Crippen LogP contribution in [-0.2, 0) is 9.53 Å². The highest BCUT2D eigenvalue weighted by Gasteiger charge is 2.29. The zero-order valence-electron chi connectivity index (χ0n) is 10.4. The molecule has 1 heterocycles. The van der Waals surface area contributed by atoms with Crippen LogP contribution in [-0.4, -0.2) is 16.7 Å². The summed E-state index contributed by atoms with van der Waals surface area (Å²) in [7, 11) is 0. The summed E-state index contributed by atoms with van der Waals surface area (Å²) in [6.07, 6.45) is -0.818. The topological polar surface area (TPSA) is 46.5 Å². The molecule has 0 aliphatic rings. The number of esters is 1. The smallest absolute Gasteiger partial charge is 0.312 e. The Morgan fingerprint density at radius 3 is 2.53 bits per heavy atom. The number of hydrogen-bond donors (Lipinski definition) is 1. The quantitative estimate of drug-likeness (QED) is 0.867. The molecule has 1 N–H and O–H groups in total. The lowest BCUT2D eigenvalue weighted by molar-refractivity contribution is -0.163. The molecule has 0 aromatic carbocycles. The fourth-order valence-electron chi connectivity index (χ4n) is 1.25. The molecule has 17 heavy (non-hydrogen) atoms. The van der Waals surface area contributed by atoms with Crippen molar-refractivity contribution in [3.05, 3.63) is 20.8 Å². The summed E-state index contributed by atoms with van der Waals surface area (Å²) >= 11 is 4.74. The SMILES string of the molecule is CC(C(=O)OC(C)(C)C)C(O)c1cc(Br)cs1. The Hall–Kier alpha value is -0.390. The summed E-state index contributed by atoms with van der Waals surface area (Å²) in [5.41, 5.74) is -0.527. The molecule has 2 atom stereocenters. The summed E-state index contributed by atoms with van der Waals surface area (Å²) < 4.78 is 6.15. The second-order valence-corrected chi connectivity index (χ2v) is 6.79. The molecule has 1 aromatic heterocycles. The molecule has 0 radical (unpaired) electrons. The number of aliphatic hydroxyl groups excluding tert-OH is 1. The van der Waals surface area contributed by atoms with Gasteiger partial charge in [-0.15, -0.1) is 11.3 Å². The highest BCUT2D eigenvalue weighted by Crippen LogP contribution is 2.31. The van der Waals surface area contributed by atoms with Crippen LogP contribution in [0.4, 0.5) is 0 Å². The molecule has 0 fully saturated rings. The molecule has 3 nitrogen and oxygen atoms in total. The van der Waals surface area contributed by atoms with Crippen LogP contribution >= 0.6 is 27.3 Å². The van der Waals surface area contributed by atoms with E-state index in [4.69, 9.17) is 4.74 Å². The summed E-state index contributed by atoms with van der Waals surface area (Å²) in [5.74, 6) is -0.950. The Bertz CT molecular complexity index is 395.